The molecule has 5 heteroatoms. The normalized spacial score (nSPS) is 16.6. The van der Waals surface area contributed by atoms with Crippen LogP contribution in [0.3, 0.4) is 0 Å². The molecule has 2 aliphatic rings. The molecule has 5 nitrogen and oxygen atoms in total. The highest BCUT2D eigenvalue weighted by Crippen LogP contribution is 2.32. The first-order valence-electron chi connectivity index (χ1n) is 9.82. The van der Waals surface area contributed by atoms with Gasteiger partial charge in [-0.15, -0.1) is 0 Å². The Kier molecular flexibility index (Phi) is 5.68. The Balaban J connectivity index is 1.16. The van der Waals surface area contributed by atoms with Gasteiger partial charge in [0.25, 0.3) is 0 Å². The predicted molar refractivity (Wildman–Crippen MR) is 107 cm³/mol. The van der Waals surface area contributed by atoms with Crippen molar-refractivity contribution in [2.45, 2.75) is 19.3 Å². The summed E-state index contributed by atoms with van der Waals surface area (Å²) in [4.78, 5) is 5.04. The Hall–Kier alpha value is -2.40. The van der Waals surface area contributed by atoms with Gasteiger partial charge in [-0.05, 0) is 67.8 Å². The van der Waals surface area contributed by atoms with Crippen molar-refractivity contribution < 1.29 is 14.2 Å². The summed E-state index contributed by atoms with van der Waals surface area (Å²) in [5.41, 5.74) is 2.63. The van der Waals surface area contributed by atoms with Crippen LogP contribution >= 0.6 is 0 Å². The lowest BCUT2D eigenvalue weighted by molar-refractivity contribution is 0.174. The first-order chi connectivity index (χ1) is 13.3. The number of rotatable bonds is 7. The average molecular weight is 368 g/mol. The fraction of sp³-hybridized carbons (Fsp3) is 0.455. The average Bonchev–Trinajstić information content (AvgIpc) is 3.20. The highest BCUT2D eigenvalue weighted by Gasteiger charge is 2.17. The zero-order valence-electron chi connectivity index (χ0n) is 16.0. The van der Waals surface area contributed by atoms with Crippen molar-refractivity contribution in [2.75, 3.05) is 51.5 Å². The van der Waals surface area contributed by atoms with Crippen molar-refractivity contribution in [3.8, 4) is 17.2 Å². The summed E-state index contributed by atoms with van der Waals surface area (Å²) < 4.78 is 16.1. The molecule has 0 radical (unpaired) electrons. The molecule has 0 unspecified atom stereocenters. The minimum atomic E-state index is 0.349. The van der Waals surface area contributed by atoms with E-state index in [-0.39, 0.29) is 0 Å². The molecule has 2 aromatic rings. The SMILES string of the molecule is COc1ccc(N2CCN(CCCCc3ccc4c(c3)OCO4)CC2)cc1. The predicted octanol–water partition coefficient (Wildman–Crippen LogP) is 3.57. The Morgan fingerprint density at radius 3 is 2.44 bits per heavy atom. The van der Waals surface area contributed by atoms with Crippen LogP contribution in [0, 0.1) is 0 Å². The van der Waals surface area contributed by atoms with Gasteiger partial charge in [0.15, 0.2) is 11.5 Å². The van der Waals surface area contributed by atoms with E-state index in [9.17, 15) is 0 Å². The number of benzene rings is 2. The van der Waals surface area contributed by atoms with E-state index in [0.717, 1.165) is 49.8 Å². The summed E-state index contributed by atoms with van der Waals surface area (Å²) in [6, 6.07) is 14.7. The van der Waals surface area contributed by atoms with Crippen LogP contribution in [0.25, 0.3) is 0 Å². The van der Waals surface area contributed by atoms with E-state index in [4.69, 9.17) is 14.2 Å². The zero-order valence-corrected chi connectivity index (χ0v) is 16.0. The Bertz CT molecular complexity index is 740. The fourth-order valence-electron chi connectivity index (χ4n) is 3.78. The smallest absolute Gasteiger partial charge is 0.231 e. The van der Waals surface area contributed by atoms with Crippen molar-refractivity contribution in [1.29, 1.82) is 0 Å². The number of hydrogen-bond donors (Lipinski definition) is 0. The van der Waals surface area contributed by atoms with E-state index in [0.29, 0.717) is 6.79 Å². The van der Waals surface area contributed by atoms with E-state index >= 15 is 0 Å². The third-order valence-corrected chi connectivity index (χ3v) is 5.44. The molecule has 0 spiro atoms. The van der Waals surface area contributed by atoms with Gasteiger partial charge in [-0.25, -0.2) is 0 Å². The largest absolute Gasteiger partial charge is 0.497 e. The summed E-state index contributed by atoms with van der Waals surface area (Å²) in [5, 5.41) is 0. The van der Waals surface area contributed by atoms with Gasteiger partial charge in [-0.3, -0.25) is 4.90 Å². The van der Waals surface area contributed by atoms with Crippen molar-refractivity contribution in [2.24, 2.45) is 0 Å². The summed E-state index contributed by atoms with van der Waals surface area (Å²) in [7, 11) is 1.71. The second kappa shape index (κ2) is 8.53. The third-order valence-electron chi connectivity index (χ3n) is 5.44. The lowest BCUT2D eigenvalue weighted by atomic mass is 10.1. The molecule has 0 atom stereocenters. The Labute approximate surface area is 161 Å². The highest BCUT2D eigenvalue weighted by molar-refractivity contribution is 5.49. The standard InChI is InChI=1S/C22H28N2O3/c1-25-20-8-6-19(7-9-20)24-14-12-23(13-15-24)11-3-2-4-18-5-10-21-22(16-18)27-17-26-21/h5-10,16H,2-4,11-15,17H2,1H3. The van der Waals surface area contributed by atoms with Gasteiger partial charge in [0.2, 0.25) is 6.79 Å². The van der Waals surface area contributed by atoms with Crippen LogP contribution in [0.15, 0.2) is 42.5 Å². The van der Waals surface area contributed by atoms with Crippen LogP contribution in [0.5, 0.6) is 17.2 Å². The molecule has 144 valence electrons. The van der Waals surface area contributed by atoms with E-state index in [2.05, 4.69) is 34.1 Å². The van der Waals surface area contributed by atoms with Gasteiger partial charge in [0.05, 0.1) is 7.11 Å². The number of hydrogen-bond acceptors (Lipinski definition) is 5. The maximum absolute atomic E-state index is 5.46. The van der Waals surface area contributed by atoms with Gasteiger partial charge in [-0.1, -0.05) is 6.07 Å². The number of fused-ring (bicyclic) bond motifs is 1. The first kappa shape index (κ1) is 18.0. The third kappa shape index (κ3) is 4.48. The molecule has 27 heavy (non-hydrogen) atoms. The number of aryl methyl sites for hydroxylation is 1. The van der Waals surface area contributed by atoms with Crippen molar-refractivity contribution in [1.82, 2.24) is 4.90 Å². The van der Waals surface area contributed by atoms with E-state index in [1.807, 2.05) is 18.2 Å². The second-order valence-electron chi connectivity index (χ2n) is 7.17. The molecule has 1 fully saturated rings. The van der Waals surface area contributed by atoms with Crippen molar-refractivity contribution >= 4 is 5.69 Å². The van der Waals surface area contributed by atoms with Gasteiger partial charge in [0.1, 0.15) is 5.75 Å². The summed E-state index contributed by atoms with van der Waals surface area (Å²) in [5.74, 6) is 2.68. The minimum Gasteiger partial charge on any atom is -0.497 e. The quantitative estimate of drug-likeness (QED) is 0.698. The molecule has 0 bridgehead atoms. The topological polar surface area (TPSA) is 34.2 Å². The maximum Gasteiger partial charge on any atom is 0.231 e. The summed E-state index contributed by atoms with van der Waals surface area (Å²) in [6.07, 6.45) is 3.54. The molecule has 2 aromatic carbocycles. The Morgan fingerprint density at radius 2 is 1.67 bits per heavy atom. The van der Waals surface area contributed by atoms with Crippen LogP contribution in [0.4, 0.5) is 5.69 Å². The maximum atomic E-state index is 5.46. The van der Waals surface area contributed by atoms with Crippen LogP contribution in [0.1, 0.15) is 18.4 Å². The lowest BCUT2D eigenvalue weighted by Crippen LogP contribution is -2.46. The van der Waals surface area contributed by atoms with E-state index < -0.39 is 0 Å². The summed E-state index contributed by atoms with van der Waals surface area (Å²) >= 11 is 0. The van der Waals surface area contributed by atoms with E-state index in [1.165, 1.54) is 30.6 Å². The minimum absolute atomic E-state index is 0.349. The molecule has 1 saturated heterocycles. The number of methoxy groups -OCH3 is 1. The molecule has 2 heterocycles. The number of nitrogens with zero attached hydrogens (tertiary/aromatic N) is 2. The first-order valence-corrected chi connectivity index (χ1v) is 9.82. The number of ether oxygens (including phenoxy) is 3. The fourth-order valence-corrected chi connectivity index (χ4v) is 3.78. The molecule has 0 amide bonds. The molecule has 0 aliphatic carbocycles. The monoisotopic (exact) mass is 368 g/mol. The van der Waals surface area contributed by atoms with Gasteiger partial charge in [0, 0.05) is 31.9 Å². The van der Waals surface area contributed by atoms with Gasteiger partial charge >= 0.3 is 0 Å². The molecule has 0 saturated carbocycles. The van der Waals surface area contributed by atoms with Crippen LogP contribution in [-0.2, 0) is 6.42 Å². The zero-order chi connectivity index (χ0) is 18.5. The molecular weight excluding hydrogens is 340 g/mol. The number of unbranched alkanes of at least 4 members (excludes halogenated alkanes) is 1. The summed E-state index contributed by atoms with van der Waals surface area (Å²) in [6.45, 7) is 5.98. The molecule has 2 aliphatic heterocycles. The number of piperazine rings is 1. The molecule has 4 rings (SSSR count). The molecule has 0 N–H and O–H groups in total. The van der Waals surface area contributed by atoms with Gasteiger partial charge in [-0.2, -0.15) is 0 Å². The Morgan fingerprint density at radius 1 is 0.889 bits per heavy atom. The van der Waals surface area contributed by atoms with Crippen molar-refractivity contribution in [3.63, 3.8) is 0 Å². The molecular formula is C22H28N2O3. The number of anilines is 1. The van der Waals surface area contributed by atoms with Crippen molar-refractivity contribution in [3.05, 3.63) is 48.0 Å². The van der Waals surface area contributed by atoms with Gasteiger partial charge < -0.3 is 19.1 Å². The second-order valence-corrected chi connectivity index (χ2v) is 7.17. The molecule has 0 aromatic heterocycles. The van der Waals surface area contributed by atoms with Crippen LogP contribution in [0.2, 0.25) is 0 Å². The van der Waals surface area contributed by atoms with Crippen LogP contribution < -0.4 is 19.1 Å². The van der Waals surface area contributed by atoms with E-state index in [1.54, 1.807) is 7.11 Å². The lowest BCUT2D eigenvalue weighted by Gasteiger charge is -2.36. The van der Waals surface area contributed by atoms with Crippen LogP contribution in [-0.4, -0.2) is 51.5 Å². The highest BCUT2D eigenvalue weighted by atomic mass is 16.7.